The molecule has 0 saturated carbocycles. The molecule has 1 saturated heterocycles. The number of carbonyl (C=O) groups excluding carboxylic acids is 2. The average Bonchev–Trinajstić information content (AvgIpc) is 2.62. The molecule has 1 rings (SSSR count). The van der Waals surface area contributed by atoms with E-state index in [-0.39, 0.29) is 24.3 Å². The molecule has 0 radical (unpaired) electrons. The Bertz CT molecular complexity index is 315. The summed E-state index contributed by atoms with van der Waals surface area (Å²) in [5.41, 5.74) is -0.472. The Morgan fingerprint density at radius 2 is 2.11 bits per heavy atom. The number of hydrogen-bond donors (Lipinski definition) is 2. The van der Waals surface area contributed by atoms with E-state index in [2.05, 4.69) is 10.6 Å². The molecule has 1 aliphatic rings. The normalized spacial score (nSPS) is 23.8. The highest BCUT2D eigenvalue weighted by Crippen LogP contribution is 2.17. The van der Waals surface area contributed by atoms with Crippen LogP contribution in [0.3, 0.4) is 0 Å². The zero-order valence-corrected chi connectivity index (χ0v) is 12.2. The summed E-state index contributed by atoms with van der Waals surface area (Å²) in [6.45, 7) is 7.82. The maximum atomic E-state index is 11.7. The highest BCUT2D eigenvalue weighted by Gasteiger charge is 2.26. The summed E-state index contributed by atoms with van der Waals surface area (Å²) in [5, 5.41) is 6.22. The Labute approximate surface area is 112 Å². The third-order valence-electron chi connectivity index (χ3n) is 2.31. The molecule has 0 aromatic heterocycles. The highest BCUT2D eigenvalue weighted by molar-refractivity contribution is 8.00. The molecule has 18 heavy (non-hydrogen) atoms. The first-order valence-electron chi connectivity index (χ1n) is 6.15. The summed E-state index contributed by atoms with van der Waals surface area (Å²) >= 11 is 1.72. The molecule has 1 aliphatic heterocycles. The number of carbonyl (C=O) groups is 2. The zero-order chi connectivity index (χ0) is 13.8. The number of hydrogen-bond acceptors (Lipinski definition) is 5. The quantitative estimate of drug-likeness (QED) is 0.745. The molecular formula is C12H22N2O3S. The summed E-state index contributed by atoms with van der Waals surface area (Å²) in [7, 11) is 0. The third-order valence-corrected chi connectivity index (χ3v) is 3.48. The summed E-state index contributed by atoms with van der Waals surface area (Å²) in [4.78, 5) is 23.1. The van der Waals surface area contributed by atoms with E-state index in [1.807, 2.05) is 27.7 Å². The minimum atomic E-state index is -0.472. The van der Waals surface area contributed by atoms with Gasteiger partial charge in [-0.05, 0) is 27.7 Å². The fourth-order valence-corrected chi connectivity index (χ4v) is 2.56. The van der Waals surface area contributed by atoms with Crippen LogP contribution in [0.5, 0.6) is 0 Å². The van der Waals surface area contributed by atoms with Crippen LogP contribution in [0, 0.1) is 0 Å². The molecule has 1 heterocycles. The summed E-state index contributed by atoms with van der Waals surface area (Å²) in [6, 6.07) is -0.149. The van der Waals surface area contributed by atoms with Crippen molar-refractivity contribution in [3.05, 3.63) is 0 Å². The average molecular weight is 274 g/mol. The molecule has 6 heteroatoms. The molecule has 0 aromatic rings. The van der Waals surface area contributed by atoms with Gasteiger partial charge in [-0.25, -0.2) is 0 Å². The van der Waals surface area contributed by atoms with E-state index in [1.165, 1.54) is 0 Å². The molecule has 0 aromatic carbocycles. The summed E-state index contributed by atoms with van der Waals surface area (Å²) in [6.07, 6.45) is 0.207. The van der Waals surface area contributed by atoms with Crippen LogP contribution in [0.4, 0.5) is 0 Å². The zero-order valence-electron chi connectivity index (χ0n) is 11.4. The van der Waals surface area contributed by atoms with E-state index in [0.717, 1.165) is 5.75 Å². The molecule has 2 N–H and O–H groups in total. The van der Waals surface area contributed by atoms with Crippen LogP contribution in [0.2, 0.25) is 0 Å². The van der Waals surface area contributed by atoms with E-state index < -0.39 is 5.60 Å². The van der Waals surface area contributed by atoms with Gasteiger partial charge in [0, 0.05) is 12.3 Å². The number of amides is 1. The molecule has 1 amide bonds. The van der Waals surface area contributed by atoms with Gasteiger partial charge in [-0.1, -0.05) is 0 Å². The van der Waals surface area contributed by atoms with E-state index in [1.54, 1.807) is 11.8 Å². The van der Waals surface area contributed by atoms with Gasteiger partial charge in [-0.3, -0.25) is 14.9 Å². The van der Waals surface area contributed by atoms with E-state index in [0.29, 0.717) is 11.9 Å². The Morgan fingerprint density at radius 1 is 1.44 bits per heavy atom. The summed E-state index contributed by atoms with van der Waals surface area (Å²) < 4.78 is 5.15. The van der Waals surface area contributed by atoms with E-state index in [9.17, 15) is 9.59 Å². The standard InChI is InChI=1S/C12H22N2O3S/c1-8-14-9(7-18-8)11(16)13-6-5-10(15)17-12(2,3)4/h8-9,14H,5-7H2,1-4H3,(H,13,16). The fourth-order valence-electron chi connectivity index (χ4n) is 1.57. The van der Waals surface area contributed by atoms with Crippen LogP contribution in [0.25, 0.3) is 0 Å². The van der Waals surface area contributed by atoms with Gasteiger partial charge in [0.25, 0.3) is 0 Å². The minimum absolute atomic E-state index is 0.0459. The lowest BCUT2D eigenvalue weighted by atomic mass is 10.2. The second-order valence-electron chi connectivity index (χ2n) is 5.32. The van der Waals surface area contributed by atoms with Crippen molar-refractivity contribution in [2.45, 2.75) is 51.1 Å². The lowest BCUT2D eigenvalue weighted by Crippen LogP contribution is -2.44. The number of ether oxygens (including phenoxy) is 1. The van der Waals surface area contributed by atoms with Crippen molar-refractivity contribution in [2.75, 3.05) is 12.3 Å². The summed E-state index contributed by atoms with van der Waals surface area (Å²) in [5.74, 6) is 0.444. The van der Waals surface area contributed by atoms with Gasteiger partial charge in [0.15, 0.2) is 0 Å². The molecule has 2 atom stereocenters. The number of thioether (sulfide) groups is 1. The molecule has 0 bridgehead atoms. The number of esters is 1. The van der Waals surface area contributed by atoms with Crippen molar-refractivity contribution < 1.29 is 14.3 Å². The molecule has 0 spiro atoms. The first kappa shape index (κ1) is 15.3. The predicted molar refractivity (Wildman–Crippen MR) is 72.3 cm³/mol. The molecular weight excluding hydrogens is 252 g/mol. The first-order chi connectivity index (χ1) is 8.28. The smallest absolute Gasteiger partial charge is 0.308 e. The van der Waals surface area contributed by atoms with Crippen LogP contribution in [-0.2, 0) is 14.3 Å². The van der Waals surface area contributed by atoms with Crippen LogP contribution >= 0.6 is 11.8 Å². The highest BCUT2D eigenvalue weighted by atomic mass is 32.2. The van der Waals surface area contributed by atoms with Crippen LogP contribution < -0.4 is 10.6 Å². The molecule has 5 nitrogen and oxygen atoms in total. The van der Waals surface area contributed by atoms with E-state index >= 15 is 0 Å². The molecule has 104 valence electrons. The monoisotopic (exact) mass is 274 g/mol. The van der Waals surface area contributed by atoms with Crippen molar-refractivity contribution in [3.8, 4) is 0 Å². The fraction of sp³-hybridized carbons (Fsp3) is 0.833. The minimum Gasteiger partial charge on any atom is -0.460 e. The van der Waals surface area contributed by atoms with Gasteiger partial charge < -0.3 is 10.1 Å². The second kappa shape index (κ2) is 6.43. The van der Waals surface area contributed by atoms with Gasteiger partial charge in [0.1, 0.15) is 5.60 Å². The maximum Gasteiger partial charge on any atom is 0.308 e. The van der Waals surface area contributed by atoms with Crippen LogP contribution in [0.1, 0.15) is 34.1 Å². The number of rotatable bonds is 4. The Morgan fingerprint density at radius 3 is 2.61 bits per heavy atom. The lowest BCUT2D eigenvalue weighted by Gasteiger charge is -2.19. The third kappa shape index (κ3) is 5.73. The number of nitrogens with one attached hydrogen (secondary N) is 2. The predicted octanol–water partition coefficient (Wildman–Crippen LogP) is 0.885. The first-order valence-corrected chi connectivity index (χ1v) is 7.20. The maximum absolute atomic E-state index is 11.7. The van der Waals surface area contributed by atoms with Gasteiger partial charge >= 0.3 is 5.97 Å². The van der Waals surface area contributed by atoms with Crippen LogP contribution in [-0.4, -0.2) is 41.2 Å². The topological polar surface area (TPSA) is 67.4 Å². The van der Waals surface area contributed by atoms with Gasteiger partial charge in [-0.15, -0.1) is 11.8 Å². The van der Waals surface area contributed by atoms with Crippen molar-refractivity contribution in [1.29, 1.82) is 0 Å². The van der Waals surface area contributed by atoms with E-state index in [4.69, 9.17) is 4.74 Å². The Hall–Kier alpha value is -0.750. The van der Waals surface area contributed by atoms with Crippen molar-refractivity contribution in [3.63, 3.8) is 0 Å². The van der Waals surface area contributed by atoms with Gasteiger partial charge in [0.2, 0.25) is 5.91 Å². The van der Waals surface area contributed by atoms with Crippen molar-refractivity contribution in [1.82, 2.24) is 10.6 Å². The Balaban J connectivity index is 2.18. The SMILES string of the molecule is CC1NC(C(=O)NCCC(=O)OC(C)(C)C)CS1. The Kier molecular flexibility index (Phi) is 5.47. The largest absolute Gasteiger partial charge is 0.460 e. The lowest BCUT2D eigenvalue weighted by molar-refractivity contribution is -0.154. The van der Waals surface area contributed by atoms with Crippen molar-refractivity contribution in [2.24, 2.45) is 0 Å². The second-order valence-corrected chi connectivity index (χ2v) is 6.70. The molecule has 0 aliphatic carbocycles. The molecule has 2 unspecified atom stereocenters. The molecule has 1 fully saturated rings. The van der Waals surface area contributed by atoms with Gasteiger partial charge in [0.05, 0.1) is 17.8 Å². The van der Waals surface area contributed by atoms with Crippen molar-refractivity contribution >= 4 is 23.6 Å². The van der Waals surface area contributed by atoms with Crippen LogP contribution in [0.15, 0.2) is 0 Å². The van der Waals surface area contributed by atoms with Gasteiger partial charge in [-0.2, -0.15) is 0 Å².